The average Bonchev–Trinajstić information content (AvgIpc) is 2.94. The van der Waals surface area contributed by atoms with Crippen molar-refractivity contribution in [2.45, 2.75) is 25.9 Å². The summed E-state index contributed by atoms with van der Waals surface area (Å²) >= 11 is 0. The van der Waals surface area contributed by atoms with Gasteiger partial charge in [-0.05, 0) is 25.6 Å². The molecule has 1 atom stereocenters. The summed E-state index contributed by atoms with van der Waals surface area (Å²) in [5.74, 6) is 1.13. The third kappa shape index (κ3) is 2.77. The summed E-state index contributed by atoms with van der Waals surface area (Å²) in [5.41, 5.74) is 1.33. The van der Waals surface area contributed by atoms with E-state index >= 15 is 0 Å². The molecule has 0 spiro atoms. The van der Waals surface area contributed by atoms with Gasteiger partial charge in [0.15, 0.2) is 0 Å². The van der Waals surface area contributed by atoms with E-state index in [9.17, 15) is 0 Å². The molecule has 1 unspecified atom stereocenters. The Morgan fingerprint density at radius 1 is 1.41 bits per heavy atom. The van der Waals surface area contributed by atoms with Crippen molar-refractivity contribution in [2.75, 3.05) is 7.05 Å². The Hall–Kier alpha value is -1.55. The van der Waals surface area contributed by atoms with Gasteiger partial charge in [-0.15, -0.1) is 0 Å². The number of hydrogen-bond donors (Lipinski definition) is 1. The summed E-state index contributed by atoms with van der Waals surface area (Å²) in [7, 11) is 4.02. The minimum atomic E-state index is 0.407. The largest absolute Gasteiger partial charge is 0.353 e. The Morgan fingerprint density at radius 2 is 2.24 bits per heavy atom. The molecule has 0 aliphatic heterocycles. The fraction of sp³-hybridized carbons (Fsp3) is 0.462. The topological polar surface area (TPSA) is 34.8 Å². The van der Waals surface area contributed by atoms with Crippen molar-refractivity contribution in [3.8, 4) is 0 Å². The molecule has 4 nitrogen and oxygen atoms in total. The van der Waals surface area contributed by atoms with Crippen LogP contribution in [-0.4, -0.2) is 21.2 Å². The maximum atomic E-state index is 4.33. The molecule has 1 N–H and O–H groups in total. The van der Waals surface area contributed by atoms with E-state index in [1.165, 1.54) is 5.56 Å². The molecule has 0 amide bonds. The van der Waals surface area contributed by atoms with E-state index in [1.807, 2.05) is 26.5 Å². The molecule has 92 valence electrons. The van der Waals surface area contributed by atoms with Crippen molar-refractivity contribution in [2.24, 2.45) is 7.05 Å². The first-order chi connectivity index (χ1) is 8.20. The molecule has 0 bridgehead atoms. The van der Waals surface area contributed by atoms with Gasteiger partial charge in [-0.1, -0.05) is 0 Å². The first-order valence-corrected chi connectivity index (χ1v) is 6.00. The molecule has 0 fully saturated rings. The van der Waals surface area contributed by atoms with Crippen LogP contribution in [0.2, 0.25) is 0 Å². The zero-order chi connectivity index (χ0) is 12.3. The summed E-state index contributed by atoms with van der Waals surface area (Å²) in [6, 6.07) is 2.57. The zero-order valence-corrected chi connectivity index (χ0v) is 10.7. The molecule has 0 aliphatic rings. The van der Waals surface area contributed by atoms with E-state index in [4.69, 9.17) is 0 Å². The second-order valence-electron chi connectivity index (χ2n) is 4.40. The normalized spacial score (nSPS) is 12.9. The van der Waals surface area contributed by atoms with Crippen molar-refractivity contribution in [1.29, 1.82) is 0 Å². The van der Waals surface area contributed by atoms with Crippen LogP contribution in [-0.2, 0) is 20.0 Å². The van der Waals surface area contributed by atoms with Gasteiger partial charge in [0.05, 0.1) is 0 Å². The lowest BCUT2D eigenvalue weighted by Crippen LogP contribution is -2.11. The number of nitrogens with zero attached hydrogens (tertiary/aromatic N) is 3. The van der Waals surface area contributed by atoms with E-state index in [-0.39, 0.29) is 0 Å². The van der Waals surface area contributed by atoms with Crippen molar-refractivity contribution < 1.29 is 0 Å². The fourth-order valence-electron chi connectivity index (χ4n) is 1.89. The molecule has 2 aromatic rings. The van der Waals surface area contributed by atoms with Gasteiger partial charge >= 0.3 is 0 Å². The summed E-state index contributed by atoms with van der Waals surface area (Å²) in [4.78, 5) is 4.33. The summed E-state index contributed by atoms with van der Waals surface area (Å²) in [6.07, 6.45) is 9.13. The lowest BCUT2D eigenvalue weighted by molar-refractivity contribution is 0.632. The van der Waals surface area contributed by atoms with Crippen LogP contribution in [0.3, 0.4) is 0 Å². The minimum absolute atomic E-state index is 0.407. The highest BCUT2D eigenvalue weighted by Crippen LogP contribution is 2.12. The molecular formula is C13H20N4. The van der Waals surface area contributed by atoms with Crippen LogP contribution >= 0.6 is 0 Å². The smallest absolute Gasteiger partial charge is 0.110 e. The standard InChI is InChI=1S/C13H20N4/c1-11(14-2)12-4-7-17(10-12)8-5-13-15-6-9-16(13)3/h4,6-7,9-11,14H,5,8H2,1-3H3. The van der Waals surface area contributed by atoms with E-state index < -0.39 is 0 Å². The molecule has 4 heteroatoms. The molecule has 0 saturated heterocycles. The molecule has 2 aromatic heterocycles. The van der Waals surface area contributed by atoms with Crippen LogP contribution in [0, 0.1) is 0 Å². The predicted molar refractivity (Wildman–Crippen MR) is 68.8 cm³/mol. The third-order valence-corrected chi connectivity index (χ3v) is 3.22. The monoisotopic (exact) mass is 232 g/mol. The van der Waals surface area contributed by atoms with Gasteiger partial charge in [-0.25, -0.2) is 4.98 Å². The van der Waals surface area contributed by atoms with Crippen LogP contribution in [0.4, 0.5) is 0 Å². The first-order valence-electron chi connectivity index (χ1n) is 6.00. The number of hydrogen-bond acceptors (Lipinski definition) is 2. The number of nitrogens with one attached hydrogen (secondary N) is 1. The van der Waals surface area contributed by atoms with Crippen LogP contribution in [0.5, 0.6) is 0 Å². The van der Waals surface area contributed by atoms with E-state index in [1.54, 1.807) is 0 Å². The molecule has 0 aromatic carbocycles. The number of aryl methyl sites for hydroxylation is 3. The quantitative estimate of drug-likeness (QED) is 0.852. The maximum absolute atomic E-state index is 4.33. The van der Waals surface area contributed by atoms with Crippen molar-refractivity contribution >= 4 is 0 Å². The van der Waals surface area contributed by atoms with E-state index in [2.05, 4.69) is 44.8 Å². The molecule has 0 radical (unpaired) electrons. The van der Waals surface area contributed by atoms with Gasteiger partial charge in [-0.3, -0.25) is 0 Å². The van der Waals surface area contributed by atoms with Crippen LogP contribution in [0.15, 0.2) is 30.9 Å². The van der Waals surface area contributed by atoms with Gasteiger partial charge in [-0.2, -0.15) is 0 Å². The second kappa shape index (κ2) is 5.19. The summed E-state index contributed by atoms with van der Waals surface area (Å²) in [6.45, 7) is 3.14. The Kier molecular flexibility index (Phi) is 3.64. The lowest BCUT2D eigenvalue weighted by atomic mass is 10.2. The highest BCUT2D eigenvalue weighted by Gasteiger charge is 2.05. The molecule has 2 heterocycles. The predicted octanol–water partition coefficient (Wildman–Crippen LogP) is 1.74. The maximum Gasteiger partial charge on any atom is 0.110 e. The molecule has 17 heavy (non-hydrogen) atoms. The Balaban J connectivity index is 1.96. The number of imidazole rings is 1. The van der Waals surface area contributed by atoms with E-state index in [0.29, 0.717) is 6.04 Å². The van der Waals surface area contributed by atoms with Crippen molar-refractivity contribution in [3.63, 3.8) is 0 Å². The second-order valence-corrected chi connectivity index (χ2v) is 4.40. The highest BCUT2D eigenvalue weighted by molar-refractivity contribution is 5.14. The highest BCUT2D eigenvalue weighted by atomic mass is 15.0. The van der Waals surface area contributed by atoms with Crippen LogP contribution in [0.25, 0.3) is 0 Å². The Labute approximate surface area is 102 Å². The summed E-state index contributed by atoms with van der Waals surface area (Å²) < 4.78 is 4.29. The fourth-order valence-corrected chi connectivity index (χ4v) is 1.89. The van der Waals surface area contributed by atoms with Crippen molar-refractivity contribution in [1.82, 2.24) is 19.4 Å². The van der Waals surface area contributed by atoms with Crippen molar-refractivity contribution in [3.05, 3.63) is 42.2 Å². The molecule has 0 aliphatic carbocycles. The van der Waals surface area contributed by atoms with Gasteiger partial charge in [0.1, 0.15) is 5.82 Å². The number of aromatic nitrogens is 3. The molecular weight excluding hydrogens is 212 g/mol. The van der Waals surface area contributed by atoms with E-state index in [0.717, 1.165) is 18.8 Å². The molecule has 0 saturated carbocycles. The van der Waals surface area contributed by atoms with Crippen LogP contribution in [0.1, 0.15) is 24.4 Å². The van der Waals surface area contributed by atoms with Gasteiger partial charge in [0, 0.05) is 50.8 Å². The Bertz CT molecular complexity index is 469. The lowest BCUT2D eigenvalue weighted by Gasteiger charge is -2.07. The van der Waals surface area contributed by atoms with Crippen LogP contribution < -0.4 is 5.32 Å². The first kappa shape index (κ1) is 11.9. The number of rotatable bonds is 5. The minimum Gasteiger partial charge on any atom is -0.353 e. The molecule has 2 rings (SSSR count). The van der Waals surface area contributed by atoms with Gasteiger partial charge in [0.25, 0.3) is 0 Å². The van der Waals surface area contributed by atoms with Gasteiger partial charge < -0.3 is 14.5 Å². The summed E-state index contributed by atoms with van der Waals surface area (Å²) in [5, 5.41) is 3.24. The third-order valence-electron chi connectivity index (χ3n) is 3.22. The average molecular weight is 232 g/mol. The Morgan fingerprint density at radius 3 is 2.88 bits per heavy atom. The van der Waals surface area contributed by atoms with Gasteiger partial charge in [0.2, 0.25) is 0 Å². The SMILES string of the molecule is CNC(C)c1ccn(CCc2nccn2C)c1. The zero-order valence-electron chi connectivity index (χ0n) is 10.7.